The highest BCUT2D eigenvalue weighted by Crippen LogP contribution is 2.35. The second-order valence-corrected chi connectivity index (χ2v) is 7.51. The summed E-state index contributed by atoms with van der Waals surface area (Å²) in [7, 11) is 3.97. The lowest BCUT2D eigenvalue weighted by Crippen LogP contribution is -2.20. The predicted molar refractivity (Wildman–Crippen MR) is 113 cm³/mol. The van der Waals surface area contributed by atoms with Crippen LogP contribution < -0.4 is 10.2 Å². The molecule has 0 bridgehead atoms. The number of aromatic carboxylic acids is 1. The molecule has 1 aromatic carbocycles. The maximum absolute atomic E-state index is 11.4. The lowest BCUT2D eigenvalue weighted by atomic mass is 9.82. The molecule has 0 saturated carbocycles. The molecule has 7 heteroatoms. The van der Waals surface area contributed by atoms with Crippen LogP contribution in [-0.4, -0.2) is 39.4 Å². The first-order valence-electron chi connectivity index (χ1n) is 9.79. The molecule has 0 unspecified atom stereocenters. The Morgan fingerprint density at radius 2 is 2.17 bits per heavy atom. The molecule has 29 heavy (non-hydrogen) atoms. The van der Waals surface area contributed by atoms with E-state index in [1.165, 1.54) is 23.4 Å². The Labute approximate surface area is 170 Å². The van der Waals surface area contributed by atoms with Crippen molar-refractivity contribution >= 4 is 23.0 Å². The Morgan fingerprint density at radius 1 is 1.31 bits per heavy atom. The standard InChI is InChI=1S/C22H25N5O2/c1-26-14-18(12-25-26)27(2)17-6-7-19-15(10-17)4-3-5-16(19)11-24-21-13-23-9-8-20(21)22(28)29/h6-10,12-14,16,24H,3-5,11H2,1-2H3,(H,28,29)/t16-/m0/s1. The predicted octanol–water partition coefficient (Wildman–Crippen LogP) is 3.81. The quantitative estimate of drug-likeness (QED) is 0.665. The molecule has 1 aliphatic rings. The maximum Gasteiger partial charge on any atom is 0.337 e. The molecule has 0 aliphatic heterocycles. The fourth-order valence-corrected chi connectivity index (χ4v) is 4.01. The molecule has 0 fully saturated rings. The van der Waals surface area contributed by atoms with Gasteiger partial charge >= 0.3 is 5.97 Å². The van der Waals surface area contributed by atoms with Crippen LogP contribution in [0.1, 0.15) is 40.2 Å². The van der Waals surface area contributed by atoms with Crippen molar-refractivity contribution in [2.45, 2.75) is 25.2 Å². The van der Waals surface area contributed by atoms with Gasteiger partial charge in [0.15, 0.2) is 0 Å². The second-order valence-electron chi connectivity index (χ2n) is 7.51. The Morgan fingerprint density at radius 3 is 2.93 bits per heavy atom. The molecule has 2 N–H and O–H groups in total. The van der Waals surface area contributed by atoms with Gasteiger partial charge in [0.25, 0.3) is 0 Å². The number of fused-ring (bicyclic) bond motifs is 1. The Hall–Kier alpha value is -3.35. The highest BCUT2D eigenvalue weighted by Gasteiger charge is 2.22. The smallest absolute Gasteiger partial charge is 0.337 e. The summed E-state index contributed by atoms with van der Waals surface area (Å²) in [4.78, 5) is 17.6. The molecular weight excluding hydrogens is 366 g/mol. The van der Waals surface area contributed by atoms with Crippen LogP contribution in [0.5, 0.6) is 0 Å². The number of carbonyl (C=O) groups is 1. The first-order valence-corrected chi connectivity index (χ1v) is 9.79. The van der Waals surface area contributed by atoms with Gasteiger partial charge in [0.2, 0.25) is 0 Å². The Balaban J connectivity index is 1.52. The topological polar surface area (TPSA) is 83.3 Å². The molecule has 1 aliphatic carbocycles. The molecule has 0 spiro atoms. The van der Waals surface area contributed by atoms with Crippen LogP contribution in [0.3, 0.4) is 0 Å². The average molecular weight is 391 g/mol. The van der Waals surface area contributed by atoms with Gasteiger partial charge in [0.1, 0.15) is 0 Å². The highest BCUT2D eigenvalue weighted by molar-refractivity contribution is 5.93. The van der Waals surface area contributed by atoms with E-state index < -0.39 is 5.97 Å². The number of rotatable bonds is 6. The van der Waals surface area contributed by atoms with Gasteiger partial charge in [-0.3, -0.25) is 9.67 Å². The van der Waals surface area contributed by atoms with Crippen LogP contribution in [0.15, 0.2) is 49.1 Å². The van der Waals surface area contributed by atoms with Gasteiger partial charge in [0, 0.05) is 44.6 Å². The highest BCUT2D eigenvalue weighted by atomic mass is 16.4. The van der Waals surface area contributed by atoms with E-state index in [0.29, 0.717) is 18.2 Å². The van der Waals surface area contributed by atoms with E-state index in [9.17, 15) is 9.90 Å². The molecule has 2 heterocycles. The second kappa shape index (κ2) is 7.95. The number of nitrogens with one attached hydrogen (secondary N) is 1. The van der Waals surface area contributed by atoms with Crippen molar-refractivity contribution in [3.05, 3.63) is 65.7 Å². The number of aromatic nitrogens is 3. The lowest BCUT2D eigenvalue weighted by molar-refractivity contribution is 0.0698. The van der Waals surface area contributed by atoms with Crippen molar-refractivity contribution in [3.63, 3.8) is 0 Å². The van der Waals surface area contributed by atoms with Crippen molar-refractivity contribution in [2.24, 2.45) is 7.05 Å². The van der Waals surface area contributed by atoms with Crippen molar-refractivity contribution in [3.8, 4) is 0 Å². The van der Waals surface area contributed by atoms with Gasteiger partial charge in [-0.25, -0.2) is 4.79 Å². The van der Waals surface area contributed by atoms with Gasteiger partial charge in [-0.15, -0.1) is 0 Å². The van der Waals surface area contributed by atoms with Crippen LogP contribution >= 0.6 is 0 Å². The largest absolute Gasteiger partial charge is 0.478 e. The van der Waals surface area contributed by atoms with Gasteiger partial charge in [-0.2, -0.15) is 5.10 Å². The minimum absolute atomic E-state index is 0.254. The number of pyridine rings is 1. The van der Waals surface area contributed by atoms with Gasteiger partial charge in [-0.05, 0) is 48.6 Å². The fraction of sp³-hybridized carbons (Fsp3) is 0.318. The number of nitrogens with zero attached hydrogens (tertiary/aromatic N) is 4. The molecule has 3 aromatic rings. The van der Waals surface area contributed by atoms with E-state index in [1.54, 1.807) is 10.9 Å². The van der Waals surface area contributed by atoms with Crippen molar-refractivity contribution < 1.29 is 9.90 Å². The normalized spacial score (nSPS) is 15.6. The summed E-state index contributed by atoms with van der Waals surface area (Å²) in [6.45, 7) is 0.691. The molecular formula is C22H25N5O2. The number of benzene rings is 1. The average Bonchev–Trinajstić information content (AvgIpc) is 3.17. The third kappa shape index (κ3) is 3.94. The van der Waals surface area contributed by atoms with Crippen LogP contribution in [0.4, 0.5) is 17.1 Å². The third-order valence-corrected chi connectivity index (χ3v) is 5.62. The summed E-state index contributed by atoms with van der Waals surface area (Å²) in [5.74, 6) is -0.597. The van der Waals surface area contributed by atoms with E-state index in [4.69, 9.17) is 0 Å². The van der Waals surface area contributed by atoms with Crippen molar-refractivity contribution in [2.75, 3.05) is 23.8 Å². The molecule has 150 valence electrons. The van der Waals surface area contributed by atoms with E-state index >= 15 is 0 Å². The number of hydrogen-bond donors (Lipinski definition) is 2. The maximum atomic E-state index is 11.4. The summed E-state index contributed by atoms with van der Waals surface area (Å²) in [5.41, 5.74) is 5.73. The summed E-state index contributed by atoms with van der Waals surface area (Å²) in [6.07, 6.45) is 10.2. The molecule has 0 amide bonds. The number of aryl methyl sites for hydroxylation is 2. The van der Waals surface area contributed by atoms with E-state index in [2.05, 4.69) is 45.5 Å². The number of hydrogen-bond acceptors (Lipinski definition) is 5. The molecule has 4 rings (SSSR count). The van der Waals surface area contributed by atoms with Crippen molar-refractivity contribution in [1.29, 1.82) is 0 Å². The van der Waals surface area contributed by atoms with Crippen molar-refractivity contribution in [1.82, 2.24) is 14.8 Å². The van der Waals surface area contributed by atoms with Crippen LogP contribution in [0.2, 0.25) is 0 Å². The molecule has 2 aromatic heterocycles. The minimum Gasteiger partial charge on any atom is -0.478 e. The molecule has 7 nitrogen and oxygen atoms in total. The zero-order chi connectivity index (χ0) is 20.4. The van der Waals surface area contributed by atoms with E-state index in [-0.39, 0.29) is 5.56 Å². The van der Waals surface area contributed by atoms with Gasteiger partial charge < -0.3 is 15.3 Å². The van der Waals surface area contributed by atoms with Gasteiger partial charge in [-0.1, -0.05) is 6.07 Å². The Kier molecular flexibility index (Phi) is 5.20. The zero-order valence-corrected chi connectivity index (χ0v) is 16.7. The number of carboxylic acid groups (broad SMARTS) is 1. The summed E-state index contributed by atoms with van der Waals surface area (Å²) >= 11 is 0. The number of anilines is 3. The SMILES string of the molecule is CN(c1ccc2c(c1)CCC[C@H]2CNc1cnccc1C(=O)O)c1cnn(C)c1. The first-order chi connectivity index (χ1) is 14.0. The molecule has 1 atom stereocenters. The third-order valence-electron chi connectivity index (χ3n) is 5.62. The van der Waals surface area contributed by atoms with Crippen LogP contribution in [0, 0.1) is 0 Å². The summed E-state index contributed by atoms with van der Waals surface area (Å²) in [6, 6.07) is 8.16. The number of carboxylic acids is 1. The molecule has 0 saturated heterocycles. The summed E-state index contributed by atoms with van der Waals surface area (Å²) in [5, 5.41) is 16.9. The molecule has 0 radical (unpaired) electrons. The van der Waals surface area contributed by atoms with Gasteiger partial charge in [0.05, 0.1) is 29.3 Å². The van der Waals surface area contributed by atoms with Crippen LogP contribution in [0.25, 0.3) is 0 Å². The van der Waals surface area contributed by atoms with Crippen LogP contribution in [-0.2, 0) is 13.5 Å². The van der Waals surface area contributed by atoms with E-state index in [1.807, 2.05) is 19.4 Å². The minimum atomic E-state index is -0.943. The Bertz CT molecular complexity index is 1030. The lowest BCUT2D eigenvalue weighted by Gasteiger charge is -2.28. The van der Waals surface area contributed by atoms with E-state index in [0.717, 1.165) is 30.6 Å². The zero-order valence-electron chi connectivity index (χ0n) is 16.7. The fourth-order valence-electron chi connectivity index (χ4n) is 4.01. The summed E-state index contributed by atoms with van der Waals surface area (Å²) < 4.78 is 1.80. The monoisotopic (exact) mass is 391 g/mol. The first kappa shape index (κ1) is 19.0.